The number of carbonyl (C=O) groups excluding carboxylic acids is 1. The SMILES string of the molecule is C=CC(=O)Nc1cc(Nc2cc(N3OCCC3c3cccc(C)c3F)ncn2)c(OC)cc1N1CCC(N2C[C@@H](C)O[C@@H](C)C2)CC1. The van der Waals surface area contributed by atoms with Gasteiger partial charge < -0.3 is 25.0 Å². The third-order valence-corrected chi connectivity index (χ3v) is 9.16. The van der Waals surface area contributed by atoms with E-state index < -0.39 is 0 Å². The van der Waals surface area contributed by atoms with Gasteiger partial charge in [0.15, 0.2) is 5.82 Å². The van der Waals surface area contributed by atoms with Crippen LogP contribution in [0.25, 0.3) is 0 Å². The number of nitrogens with one attached hydrogen (secondary N) is 2. The third kappa shape index (κ3) is 7.19. The number of morpholine rings is 1. The van der Waals surface area contributed by atoms with Crippen LogP contribution in [0, 0.1) is 12.7 Å². The molecule has 3 aliphatic rings. The Bertz CT molecular complexity index is 1590. The number of aromatic nitrogens is 2. The topological polar surface area (TPSA) is 104 Å². The molecule has 47 heavy (non-hydrogen) atoms. The number of piperidine rings is 1. The van der Waals surface area contributed by atoms with E-state index in [-0.39, 0.29) is 30.0 Å². The summed E-state index contributed by atoms with van der Waals surface area (Å²) >= 11 is 0. The Balaban J connectivity index is 1.23. The molecule has 3 atom stereocenters. The van der Waals surface area contributed by atoms with Crippen LogP contribution in [0.4, 0.5) is 33.1 Å². The summed E-state index contributed by atoms with van der Waals surface area (Å²) in [6.07, 6.45) is 5.79. The number of anilines is 5. The Morgan fingerprint density at radius 3 is 2.57 bits per heavy atom. The van der Waals surface area contributed by atoms with Gasteiger partial charge in [-0.1, -0.05) is 24.8 Å². The van der Waals surface area contributed by atoms with Crippen LogP contribution in [0.5, 0.6) is 5.75 Å². The van der Waals surface area contributed by atoms with Crippen molar-refractivity contribution in [2.24, 2.45) is 0 Å². The molecule has 3 aromatic rings. The van der Waals surface area contributed by atoms with E-state index in [9.17, 15) is 4.79 Å². The molecule has 1 aromatic heterocycles. The lowest BCUT2D eigenvalue weighted by Gasteiger charge is -2.44. The Kier molecular flexibility index (Phi) is 9.90. The molecular formula is C35H44FN7O4. The second-order valence-electron chi connectivity index (χ2n) is 12.5. The molecule has 3 aliphatic heterocycles. The zero-order chi connectivity index (χ0) is 33.1. The lowest BCUT2D eigenvalue weighted by molar-refractivity contribution is -0.111. The van der Waals surface area contributed by atoms with E-state index in [1.54, 1.807) is 37.3 Å². The first-order valence-electron chi connectivity index (χ1n) is 16.3. The quantitative estimate of drug-likeness (QED) is 0.279. The summed E-state index contributed by atoms with van der Waals surface area (Å²) in [5, 5.41) is 7.97. The van der Waals surface area contributed by atoms with Gasteiger partial charge in [-0.25, -0.2) is 19.4 Å². The minimum absolute atomic E-state index is 0.230. The number of nitrogens with zero attached hydrogens (tertiary/aromatic N) is 5. The summed E-state index contributed by atoms with van der Waals surface area (Å²) in [5.41, 5.74) is 3.27. The van der Waals surface area contributed by atoms with Crippen LogP contribution in [0.15, 0.2) is 55.4 Å². The van der Waals surface area contributed by atoms with Gasteiger partial charge in [0.25, 0.3) is 0 Å². The highest BCUT2D eigenvalue weighted by molar-refractivity contribution is 6.02. The second kappa shape index (κ2) is 14.2. The van der Waals surface area contributed by atoms with Crippen molar-refractivity contribution in [2.45, 2.75) is 64.3 Å². The van der Waals surface area contributed by atoms with E-state index in [1.165, 1.54) is 12.4 Å². The molecule has 0 aliphatic carbocycles. The standard InChI is InChI=1S/C35H44FN7O4/c1-6-34(44)40-27-16-28(31(45-5)17-30(27)41-13-10-25(11-14-41)42-19-23(3)47-24(4)20-42)39-32-18-33(38-21-37-32)43-29(12-15-46-43)26-9-7-8-22(2)35(26)36/h6-9,16-18,21,23-25,29H,1,10-15,19-20H2,2-5H3,(H,40,44)(H,37,38,39)/t23-,24+,29?. The van der Waals surface area contributed by atoms with Crippen molar-refractivity contribution in [3.05, 3.63) is 72.3 Å². The zero-order valence-corrected chi connectivity index (χ0v) is 27.5. The molecule has 0 bridgehead atoms. The fourth-order valence-corrected chi connectivity index (χ4v) is 6.95. The van der Waals surface area contributed by atoms with Crippen LogP contribution < -0.4 is 25.3 Å². The maximum absolute atomic E-state index is 15.1. The number of hydrogen-bond acceptors (Lipinski definition) is 10. The van der Waals surface area contributed by atoms with E-state index in [0.29, 0.717) is 59.0 Å². The number of halogens is 1. The van der Waals surface area contributed by atoms with Crippen LogP contribution in [-0.2, 0) is 14.4 Å². The van der Waals surface area contributed by atoms with E-state index in [0.717, 1.165) is 44.7 Å². The smallest absolute Gasteiger partial charge is 0.247 e. The predicted octanol–water partition coefficient (Wildman–Crippen LogP) is 5.76. The fraction of sp³-hybridized carbons (Fsp3) is 0.457. The maximum Gasteiger partial charge on any atom is 0.247 e. The van der Waals surface area contributed by atoms with Crippen molar-refractivity contribution in [3.63, 3.8) is 0 Å². The molecule has 2 aromatic carbocycles. The summed E-state index contributed by atoms with van der Waals surface area (Å²) in [5.74, 6) is 1.02. The number of aryl methyl sites for hydroxylation is 1. The Hall–Kier alpha value is -4.26. The first kappa shape index (κ1) is 32.7. The Morgan fingerprint density at radius 1 is 1.09 bits per heavy atom. The van der Waals surface area contributed by atoms with Gasteiger partial charge in [-0.2, -0.15) is 0 Å². The first-order valence-corrected chi connectivity index (χ1v) is 16.3. The molecule has 0 spiro atoms. The second-order valence-corrected chi connectivity index (χ2v) is 12.5. The highest BCUT2D eigenvalue weighted by Crippen LogP contribution is 2.41. The van der Waals surface area contributed by atoms with Crippen molar-refractivity contribution >= 4 is 34.6 Å². The Labute approximate surface area is 275 Å². The highest BCUT2D eigenvalue weighted by atomic mass is 19.1. The maximum atomic E-state index is 15.1. The largest absolute Gasteiger partial charge is 0.494 e. The molecule has 2 N–H and O–H groups in total. The molecule has 250 valence electrons. The molecule has 12 heteroatoms. The lowest BCUT2D eigenvalue weighted by atomic mass is 10.00. The number of benzene rings is 2. The predicted molar refractivity (Wildman–Crippen MR) is 181 cm³/mol. The molecule has 3 saturated heterocycles. The molecule has 6 rings (SSSR count). The molecule has 4 heterocycles. The van der Waals surface area contributed by atoms with Crippen molar-refractivity contribution in [3.8, 4) is 5.75 Å². The van der Waals surface area contributed by atoms with Crippen molar-refractivity contribution in [1.29, 1.82) is 0 Å². The minimum Gasteiger partial charge on any atom is -0.494 e. The first-order chi connectivity index (χ1) is 22.7. The summed E-state index contributed by atoms with van der Waals surface area (Å²) < 4.78 is 26.9. The lowest BCUT2D eigenvalue weighted by Crippen LogP contribution is -2.53. The summed E-state index contributed by atoms with van der Waals surface area (Å²) in [6, 6.07) is 11.1. The number of hydroxylamine groups is 1. The molecule has 1 unspecified atom stereocenters. The fourth-order valence-electron chi connectivity index (χ4n) is 6.95. The molecule has 0 radical (unpaired) electrons. The molecular weight excluding hydrogens is 601 g/mol. The normalized spacial score (nSPS) is 22.3. The number of ether oxygens (including phenoxy) is 2. The zero-order valence-electron chi connectivity index (χ0n) is 27.5. The van der Waals surface area contributed by atoms with Crippen molar-refractivity contribution < 1.29 is 23.5 Å². The van der Waals surface area contributed by atoms with E-state index in [2.05, 4.69) is 50.8 Å². The highest BCUT2D eigenvalue weighted by Gasteiger charge is 2.33. The molecule has 1 amide bonds. The van der Waals surface area contributed by atoms with Crippen LogP contribution in [0.3, 0.4) is 0 Å². The molecule has 0 saturated carbocycles. The number of hydrogen-bond donors (Lipinski definition) is 2. The molecule has 11 nitrogen and oxygen atoms in total. The number of carbonyl (C=O) groups is 1. The van der Waals surface area contributed by atoms with Gasteiger partial charge in [0.2, 0.25) is 5.91 Å². The Morgan fingerprint density at radius 2 is 1.85 bits per heavy atom. The van der Waals surface area contributed by atoms with E-state index in [1.807, 2.05) is 18.2 Å². The van der Waals surface area contributed by atoms with Crippen LogP contribution >= 0.6 is 0 Å². The van der Waals surface area contributed by atoms with Crippen LogP contribution in [0.2, 0.25) is 0 Å². The molecule has 3 fully saturated rings. The average Bonchev–Trinajstić information content (AvgIpc) is 3.56. The van der Waals surface area contributed by atoms with Gasteiger partial charge in [0.05, 0.1) is 49.0 Å². The summed E-state index contributed by atoms with van der Waals surface area (Å²) in [6.45, 7) is 13.7. The minimum atomic E-state index is -0.327. The number of rotatable bonds is 9. The van der Waals surface area contributed by atoms with E-state index >= 15 is 4.39 Å². The third-order valence-electron chi connectivity index (χ3n) is 9.16. The monoisotopic (exact) mass is 645 g/mol. The van der Waals surface area contributed by atoms with Gasteiger partial charge in [-0.3, -0.25) is 14.5 Å². The summed E-state index contributed by atoms with van der Waals surface area (Å²) in [7, 11) is 1.61. The average molecular weight is 646 g/mol. The summed E-state index contributed by atoms with van der Waals surface area (Å²) in [4.78, 5) is 32.2. The van der Waals surface area contributed by atoms with Crippen molar-refractivity contribution in [1.82, 2.24) is 14.9 Å². The van der Waals surface area contributed by atoms with Gasteiger partial charge in [0, 0.05) is 56.3 Å². The van der Waals surface area contributed by atoms with Gasteiger partial charge in [0.1, 0.15) is 23.7 Å². The van der Waals surface area contributed by atoms with Gasteiger partial charge >= 0.3 is 0 Å². The van der Waals surface area contributed by atoms with Crippen molar-refractivity contribution in [2.75, 3.05) is 60.5 Å². The van der Waals surface area contributed by atoms with Gasteiger partial charge in [-0.05, 0) is 51.3 Å². The number of methoxy groups -OCH3 is 1. The van der Waals surface area contributed by atoms with Gasteiger partial charge in [-0.15, -0.1) is 0 Å². The van der Waals surface area contributed by atoms with Crippen LogP contribution in [-0.4, -0.2) is 78.9 Å². The van der Waals surface area contributed by atoms with E-state index in [4.69, 9.17) is 14.3 Å². The van der Waals surface area contributed by atoms with Crippen LogP contribution in [0.1, 0.15) is 50.3 Å². The number of amides is 1.